The maximum atomic E-state index is 12.7. The molecule has 0 spiro atoms. The van der Waals surface area contributed by atoms with Crippen LogP contribution in [0.3, 0.4) is 0 Å². The number of rotatable bonds is 6. The molecule has 0 radical (unpaired) electrons. The van der Waals surface area contributed by atoms with Gasteiger partial charge in [0.2, 0.25) is 0 Å². The van der Waals surface area contributed by atoms with Gasteiger partial charge in [-0.1, -0.05) is 11.3 Å². The molecule has 7 heteroatoms. The van der Waals surface area contributed by atoms with Crippen molar-refractivity contribution in [2.75, 3.05) is 37.9 Å². The van der Waals surface area contributed by atoms with Crippen molar-refractivity contribution in [3.05, 3.63) is 4.88 Å². The van der Waals surface area contributed by atoms with Crippen LogP contribution in [0.1, 0.15) is 35.4 Å². The molecule has 2 rings (SSSR count). The van der Waals surface area contributed by atoms with Gasteiger partial charge in [0.05, 0.1) is 0 Å². The normalized spacial score (nSPS) is 14.9. The number of nitrogen functional groups attached to an aromatic ring is 1. The number of amides is 1. The molecule has 0 atom stereocenters. The Morgan fingerprint density at radius 2 is 2.20 bits per heavy atom. The Bertz CT molecular complexity index is 471. The first kappa shape index (κ1) is 15.1. The number of hydrogen-bond donors (Lipinski definition) is 2. The summed E-state index contributed by atoms with van der Waals surface area (Å²) in [5, 5.41) is 9.73. The zero-order valence-corrected chi connectivity index (χ0v) is 12.8. The highest BCUT2D eigenvalue weighted by Crippen LogP contribution is 2.31. The van der Waals surface area contributed by atoms with Crippen molar-refractivity contribution in [1.82, 2.24) is 9.88 Å². The quantitative estimate of drug-likeness (QED) is 0.824. The fourth-order valence-corrected chi connectivity index (χ4v) is 3.05. The molecule has 1 amide bonds. The first-order chi connectivity index (χ1) is 9.54. The fourth-order valence-electron chi connectivity index (χ4n) is 2.18. The van der Waals surface area contributed by atoms with Gasteiger partial charge in [-0.15, -0.1) is 0 Å². The van der Waals surface area contributed by atoms with Crippen LogP contribution in [-0.4, -0.2) is 54.2 Å². The van der Waals surface area contributed by atoms with E-state index in [-0.39, 0.29) is 12.5 Å². The van der Waals surface area contributed by atoms with Gasteiger partial charge in [0.1, 0.15) is 10.7 Å². The Morgan fingerprint density at radius 1 is 1.50 bits per heavy atom. The summed E-state index contributed by atoms with van der Waals surface area (Å²) in [6, 6.07) is 0.290. The van der Waals surface area contributed by atoms with Gasteiger partial charge in [-0.2, -0.15) is 0 Å². The molecule has 0 aromatic carbocycles. The summed E-state index contributed by atoms with van der Waals surface area (Å²) in [5.74, 6) is 0.253. The van der Waals surface area contributed by atoms with Crippen LogP contribution in [0.4, 0.5) is 10.9 Å². The predicted molar refractivity (Wildman–Crippen MR) is 81.2 cm³/mol. The van der Waals surface area contributed by atoms with E-state index < -0.39 is 0 Å². The molecule has 1 aromatic heterocycles. The molecule has 0 bridgehead atoms. The van der Waals surface area contributed by atoms with Crippen LogP contribution in [0.2, 0.25) is 0 Å². The lowest BCUT2D eigenvalue weighted by Gasteiger charge is -2.37. The highest BCUT2D eigenvalue weighted by Gasteiger charge is 2.31. The third-order valence-corrected chi connectivity index (χ3v) is 4.78. The summed E-state index contributed by atoms with van der Waals surface area (Å²) in [6.07, 6.45) is 3.84. The molecular formula is C13H22N4O2S. The number of hydrogen-bond acceptors (Lipinski definition) is 6. The Morgan fingerprint density at radius 3 is 2.65 bits per heavy atom. The predicted octanol–water partition coefficient (Wildman–Crippen LogP) is 1.17. The van der Waals surface area contributed by atoms with E-state index in [1.165, 1.54) is 11.3 Å². The molecule has 3 N–H and O–H groups in total. The maximum absolute atomic E-state index is 12.7. The van der Waals surface area contributed by atoms with E-state index in [1.54, 1.807) is 0 Å². The summed E-state index contributed by atoms with van der Waals surface area (Å²) in [7, 11) is 3.75. The van der Waals surface area contributed by atoms with E-state index in [0.717, 1.165) is 24.4 Å². The lowest BCUT2D eigenvalue weighted by Crippen LogP contribution is -2.44. The highest BCUT2D eigenvalue weighted by molar-refractivity contribution is 7.18. The SMILES string of the molecule is CN(C)c1nc(N)c(C(=O)N(CCCO)C2CCC2)s1. The van der Waals surface area contributed by atoms with Crippen LogP contribution in [0.15, 0.2) is 0 Å². The van der Waals surface area contributed by atoms with Gasteiger partial charge >= 0.3 is 0 Å². The van der Waals surface area contributed by atoms with Crippen molar-refractivity contribution in [2.45, 2.75) is 31.7 Å². The smallest absolute Gasteiger partial charge is 0.268 e. The first-order valence-electron chi connectivity index (χ1n) is 6.90. The summed E-state index contributed by atoms with van der Waals surface area (Å²) in [5.41, 5.74) is 5.88. The average Bonchev–Trinajstić information content (AvgIpc) is 2.73. The Balaban J connectivity index is 2.17. The number of carbonyl (C=O) groups is 1. The number of nitrogens with two attached hydrogens (primary N) is 1. The number of thiazole rings is 1. The molecule has 1 heterocycles. The molecule has 1 aliphatic carbocycles. The topological polar surface area (TPSA) is 82.7 Å². The van der Waals surface area contributed by atoms with Crippen molar-refractivity contribution in [3.63, 3.8) is 0 Å². The zero-order chi connectivity index (χ0) is 14.7. The third kappa shape index (κ3) is 3.04. The van der Waals surface area contributed by atoms with E-state index in [4.69, 9.17) is 10.8 Å². The molecule has 1 saturated carbocycles. The van der Waals surface area contributed by atoms with E-state index in [0.29, 0.717) is 29.7 Å². The second-order valence-electron chi connectivity index (χ2n) is 5.27. The second-order valence-corrected chi connectivity index (χ2v) is 6.24. The van der Waals surface area contributed by atoms with E-state index in [2.05, 4.69) is 4.98 Å². The van der Waals surface area contributed by atoms with Crippen LogP contribution in [0, 0.1) is 0 Å². The van der Waals surface area contributed by atoms with Crippen LogP contribution < -0.4 is 10.6 Å². The van der Waals surface area contributed by atoms with Gasteiger partial charge in [0.25, 0.3) is 5.91 Å². The van der Waals surface area contributed by atoms with Gasteiger partial charge in [-0.05, 0) is 25.7 Å². The molecular weight excluding hydrogens is 276 g/mol. The molecule has 20 heavy (non-hydrogen) atoms. The van der Waals surface area contributed by atoms with Gasteiger partial charge in [-0.25, -0.2) is 4.98 Å². The van der Waals surface area contributed by atoms with Gasteiger partial charge in [0.15, 0.2) is 5.13 Å². The third-order valence-electron chi connectivity index (χ3n) is 3.55. The van der Waals surface area contributed by atoms with Crippen molar-refractivity contribution >= 4 is 28.2 Å². The molecule has 112 valence electrons. The lowest BCUT2D eigenvalue weighted by molar-refractivity contribution is 0.0568. The zero-order valence-electron chi connectivity index (χ0n) is 12.0. The minimum atomic E-state index is -0.0498. The minimum absolute atomic E-state index is 0.0498. The molecule has 1 fully saturated rings. The number of carbonyl (C=O) groups excluding carboxylic acids is 1. The lowest BCUT2D eigenvalue weighted by atomic mass is 9.91. The Kier molecular flexibility index (Phi) is 4.82. The molecule has 1 aliphatic rings. The molecule has 0 saturated heterocycles. The number of nitrogens with zero attached hydrogens (tertiary/aromatic N) is 3. The van der Waals surface area contributed by atoms with E-state index in [9.17, 15) is 4.79 Å². The van der Waals surface area contributed by atoms with Crippen LogP contribution in [0.5, 0.6) is 0 Å². The minimum Gasteiger partial charge on any atom is -0.396 e. The van der Waals surface area contributed by atoms with Gasteiger partial charge in [0, 0.05) is 33.3 Å². The Hall–Kier alpha value is -1.34. The maximum Gasteiger partial charge on any atom is 0.268 e. The van der Waals surface area contributed by atoms with E-state index in [1.807, 2.05) is 23.9 Å². The van der Waals surface area contributed by atoms with Gasteiger partial charge in [-0.3, -0.25) is 4.79 Å². The van der Waals surface area contributed by atoms with Crippen LogP contribution in [0.25, 0.3) is 0 Å². The summed E-state index contributed by atoms with van der Waals surface area (Å²) < 4.78 is 0. The van der Waals surface area contributed by atoms with Crippen molar-refractivity contribution in [2.24, 2.45) is 0 Å². The van der Waals surface area contributed by atoms with Crippen LogP contribution >= 0.6 is 11.3 Å². The van der Waals surface area contributed by atoms with E-state index >= 15 is 0 Å². The standard InChI is InChI=1S/C13H22N4O2S/c1-16(2)13-15-11(14)10(20-13)12(19)17(7-4-8-18)9-5-3-6-9/h9,18H,3-8,14H2,1-2H3. The summed E-state index contributed by atoms with van der Waals surface area (Å²) in [6.45, 7) is 0.673. The van der Waals surface area contributed by atoms with Gasteiger partial charge < -0.3 is 20.6 Å². The molecule has 6 nitrogen and oxygen atoms in total. The number of aliphatic hydroxyl groups is 1. The molecule has 1 aromatic rings. The second kappa shape index (κ2) is 6.41. The largest absolute Gasteiger partial charge is 0.396 e. The van der Waals surface area contributed by atoms with Crippen molar-refractivity contribution in [3.8, 4) is 0 Å². The first-order valence-corrected chi connectivity index (χ1v) is 7.71. The summed E-state index contributed by atoms with van der Waals surface area (Å²) in [4.78, 5) is 21.1. The number of aromatic nitrogens is 1. The monoisotopic (exact) mass is 298 g/mol. The number of aliphatic hydroxyl groups excluding tert-OH is 1. The molecule has 0 unspecified atom stereocenters. The average molecular weight is 298 g/mol. The number of anilines is 2. The fraction of sp³-hybridized carbons (Fsp3) is 0.692. The summed E-state index contributed by atoms with van der Waals surface area (Å²) >= 11 is 1.33. The highest BCUT2D eigenvalue weighted by atomic mass is 32.1. The Labute approximate surface area is 123 Å². The molecule has 0 aliphatic heterocycles. The van der Waals surface area contributed by atoms with Crippen molar-refractivity contribution < 1.29 is 9.90 Å². The van der Waals surface area contributed by atoms with Crippen LogP contribution in [-0.2, 0) is 0 Å². The van der Waals surface area contributed by atoms with Crippen molar-refractivity contribution in [1.29, 1.82) is 0 Å².